The van der Waals surface area contributed by atoms with E-state index in [1.165, 1.54) is 0 Å². The van der Waals surface area contributed by atoms with Gasteiger partial charge in [-0.3, -0.25) is 0 Å². The summed E-state index contributed by atoms with van der Waals surface area (Å²) in [5.74, 6) is 0.728. The van der Waals surface area contributed by atoms with E-state index in [9.17, 15) is 4.79 Å². The molecule has 7 nitrogen and oxygen atoms in total. The maximum absolute atomic E-state index is 12.9. The van der Waals surface area contributed by atoms with Crippen molar-refractivity contribution in [3.8, 4) is 28.4 Å². The lowest BCUT2D eigenvalue weighted by Crippen LogP contribution is -2.18. The zero-order valence-electron chi connectivity index (χ0n) is 17.0. The third-order valence-corrected chi connectivity index (χ3v) is 5.04. The molecule has 7 heteroatoms. The van der Waals surface area contributed by atoms with Crippen molar-refractivity contribution >= 4 is 5.97 Å². The molecule has 0 aliphatic carbocycles. The first-order chi connectivity index (χ1) is 14.7. The molecule has 0 saturated carbocycles. The zero-order valence-corrected chi connectivity index (χ0v) is 17.0. The largest absolute Gasteiger partial charge is 0.493 e. The molecule has 1 atom stereocenters. The van der Waals surface area contributed by atoms with Gasteiger partial charge in [-0.1, -0.05) is 18.2 Å². The molecule has 0 bridgehead atoms. The summed E-state index contributed by atoms with van der Waals surface area (Å²) in [7, 11) is 3.15. The summed E-state index contributed by atoms with van der Waals surface area (Å²) in [6.07, 6.45) is 3.55. The zero-order chi connectivity index (χ0) is 20.9. The van der Waals surface area contributed by atoms with E-state index in [2.05, 4.69) is 5.10 Å². The molecule has 3 aromatic rings. The number of para-hydroxylation sites is 1. The summed E-state index contributed by atoms with van der Waals surface area (Å²) < 4.78 is 23.5. The summed E-state index contributed by atoms with van der Waals surface area (Å²) >= 11 is 0. The molecule has 1 aliphatic rings. The van der Waals surface area contributed by atoms with Crippen LogP contribution in [-0.2, 0) is 9.47 Å². The van der Waals surface area contributed by atoms with E-state index in [1.807, 2.05) is 36.4 Å². The van der Waals surface area contributed by atoms with Crippen LogP contribution in [0.4, 0.5) is 0 Å². The Labute approximate surface area is 175 Å². The highest BCUT2D eigenvalue weighted by Gasteiger charge is 2.23. The minimum atomic E-state index is -0.433. The summed E-state index contributed by atoms with van der Waals surface area (Å²) in [5.41, 5.74) is 2.46. The summed E-state index contributed by atoms with van der Waals surface area (Å²) in [5, 5.41) is 4.67. The second-order valence-electron chi connectivity index (χ2n) is 6.97. The molecule has 0 unspecified atom stereocenters. The van der Waals surface area contributed by atoms with Gasteiger partial charge in [0.1, 0.15) is 17.9 Å². The monoisotopic (exact) mass is 408 g/mol. The van der Waals surface area contributed by atoms with Crippen LogP contribution >= 0.6 is 0 Å². The molecule has 0 radical (unpaired) electrons. The van der Waals surface area contributed by atoms with E-state index in [1.54, 1.807) is 37.2 Å². The van der Waals surface area contributed by atoms with Crippen molar-refractivity contribution in [2.24, 2.45) is 0 Å². The molecule has 1 saturated heterocycles. The predicted molar refractivity (Wildman–Crippen MR) is 111 cm³/mol. The molecule has 2 aromatic carbocycles. The molecule has 156 valence electrons. The SMILES string of the molecule is COc1ccc(-c2nn(-c3ccccc3)cc2C(=O)OC[C@H]2CCCO2)cc1OC. The van der Waals surface area contributed by atoms with Gasteiger partial charge in [-0.2, -0.15) is 5.10 Å². The van der Waals surface area contributed by atoms with Gasteiger partial charge in [0, 0.05) is 18.4 Å². The summed E-state index contributed by atoms with van der Waals surface area (Å²) in [6, 6.07) is 15.0. The average Bonchev–Trinajstić information content (AvgIpc) is 3.48. The molecule has 1 aliphatic heterocycles. The van der Waals surface area contributed by atoms with Crippen molar-refractivity contribution in [3.05, 3.63) is 60.3 Å². The third-order valence-electron chi connectivity index (χ3n) is 5.04. The van der Waals surface area contributed by atoms with Crippen molar-refractivity contribution in [2.75, 3.05) is 27.4 Å². The minimum absolute atomic E-state index is 0.0392. The van der Waals surface area contributed by atoms with E-state index in [4.69, 9.17) is 18.9 Å². The highest BCUT2D eigenvalue weighted by molar-refractivity contribution is 5.96. The van der Waals surface area contributed by atoms with E-state index in [0.717, 1.165) is 24.1 Å². The van der Waals surface area contributed by atoms with Crippen molar-refractivity contribution in [3.63, 3.8) is 0 Å². The Kier molecular flexibility index (Phi) is 5.99. The van der Waals surface area contributed by atoms with Gasteiger partial charge in [-0.15, -0.1) is 0 Å². The van der Waals surface area contributed by atoms with Crippen molar-refractivity contribution < 1.29 is 23.7 Å². The minimum Gasteiger partial charge on any atom is -0.493 e. The number of nitrogens with zero attached hydrogens (tertiary/aromatic N) is 2. The molecule has 4 rings (SSSR count). The number of esters is 1. The van der Waals surface area contributed by atoms with E-state index >= 15 is 0 Å². The Hall–Kier alpha value is -3.32. The average molecular weight is 408 g/mol. The van der Waals surface area contributed by atoms with Crippen LogP contribution in [0.1, 0.15) is 23.2 Å². The molecule has 0 amide bonds. The summed E-state index contributed by atoms with van der Waals surface area (Å²) in [4.78, 5) is 12.9. The molecule has 1 aromatic heterocycles. The second kappa shape index (κ2) is 9.00. The Morgan fingerprint density at radius 2 is 1.93 bits per heavy atom. The van der Waals surface area contributed by atoms with Gasteiger partial charge in [0.05, 0.1) is 26.0 Å². The number of rotatable bonds is 7. The first-order valence-corrected chi connectivity index (χ1v) is 9.86. The lowest BCUT2D eigenvalue weighted by atomic mass is 10.1. The van der Waals surface area contributed by atoms with Gasteiger partial charge in [-0.05, 0) is 43.2 Å². The quantitative estimate of drug-likeness (QED) is 0.553. The van der Waals surface area contributed by atoms with Gasteiger partial charge in [0.2, 0.25) is 0 Å². The van der Waals surface area contributed by atoms with Crippen LogP contribution in [0.5, 0.6) is 11.5 Å². The normalized spacial score (nSPS) is 15.7. The number of benzene rings is 2. The third kappa shape index (κ3) is 4.16. The van der Waals surface area contributed by atoms with Crippen molar-refractivity contribution in [2.45, 2.75) is 18.9 Å². The van der Waals surface area contributed by atoms with E-state index in [-0.39, 0.29) is 12.7 Å². The molecule has 0 spiro atoms. The maximum Gasteiger partial charge on any atom is 0.342 e. The number of aromatic nitrogens is 2. The van der Waals surface area contributed by atoms with Gasteiger partial charge >= 0.3 is 5.97 Å². The Morgan fingerprint density at radius 1 is 1.13 bits per heavy atom. The number of hydrogen-bond donors (Lipinski definition) is 0. The van der Waals surface area contributed by atoms with Crippen LogP contribution < -0.4 is 9.47 Å². The lowest BCUT2D eigenvalue weighted by Gasteiger charge is -2.11. The molecule has 30 heavy (non-hydrogen) atoms. The first-order valence-electron chi connectivity index (χ1n) is 9.86. The second-order valence-corrected chi connectivity index (χ2v) is 6.97. The highest BCUT2D eigenvalue weighted by Crippen LogP contribution is 2.33. The number of methoxy groups -OCH3 is 2. The number of ether oxygens (including phenoxy) is 4. The fraction of sp³-hybridized carbons (Fsp3) is 0.304. The predicted octanol–water partition coefficient (Wildman–Crippen LogP) is 3.89. The van der Waals surface area contributed by atoms with Crippen LogP contribution in [0.2, 0.25) is 0 Å². The van der Waals surface area contributed by atoms with Gasteiger partial charge in [-0.25, -0.2) is 9.48 Å². The molecular formula is C23H24N2O5. The number of carbonyl (C=O) groups is 1. The van der Waals surface area contributed by atoms with Crippen LogP contribution in [0.3, 0.4) is 0 Å². The fourth-order valence-corrected chi connectivity index (χ4v) is 3.46. The standard InChI is InChI=1S/C23H24N2O5/c1-27-20-11-10-16(13-21(20)28-2)22-19(23(26)30-15-18-9-6-12-29-18)14-25(24-22)17-7-4-3-5-8-17/h3-5,7-8,10-11,13-14,18H,6,9,12,15H2,1-2H3/t18-/m1/s1. The topological polar surface area (TPSA) is 71.8 Å². The Bertz CT molecular complexity index is 1010. The summed E-state index contributed by atoms with van der Waals surface area (Å²) in [6.45, 7) is 0.950. The number of hydrogen-bond acceptors (Lipinski definition) is 6. The number of carbonyl (C=O) groups excluding carboxylic acids is 1. The maximum atomic E-state index is 12.9. The molecule has 0 N–H and O–H groups in total. The van der Waals surface area contributed by atoms with E-state index in [0.29, 0.717) is 29.4 Å². The highest BCUT2D eigenvalue weighted by atomic mass is 16.6. The van der Waals surface area contributed by atoms with Gasteiger partial charge < -0.3 is 18.9 Å². The van der Waals surface area contributed by atoms with Crippen LogP contribution in [-0.4, -0.2) is 49.3 Å². The Morgan fingerprint density at radius 3 is 2.63 bits per heavy atom. The van der Waals surface area contributed by atoms with Gasteiger partial charge in [0.15, 0.2) is 11.5 Å². The Balaban J connectivity index is 1.70. The van der Waals surface area contributed by atoms with Crippen LogP contribution in [0.15, 0.2) is 54.7 Å². The fourth-order valence-electron chi connectivity index (χ4n) is 3.46. The molecule has 2 heterocycles. The lowest BCUT2D eigenvalue weighted by molar-refractivity contribution is 0.0162. The van der Waals surface area contributed by atoms with Crippen LogP contribution in [0.25, 0.3) is 16.9 Å². The smallest absolute Gasteiger partial charge is 0.342 e. The first kappa shape index (κ1) is 20.0. The van der Waals surface area contributed by atoms with Crippen molar-refractivity contribution in [1.82, 2.24) is 9.78 Å². The molecular weight excluding hydrogens is 384 g/mol. The van der Waals surface area contributed by atoms with Crippen LogP contribution in [0, 0.1) is 0 Å². The van der Waals surface area contributed by atoms with Gasteiger partial charge in [0.25, 0.3) is 0 Å². The van der Waals surface area contributed by atoms with E-state index < -0.39 is 5.97 Å². The molecule has 1 fully saturated rings. The van der Waals surface area contributed by atoms with Crippen molar-refractivity contribution in [1.29, 1.82) is 0 Å².